The Morgan fingerprint density at radius 3 is 2.56 bits per heavy atom. The molecule has 0 unspecified atom stereocenters. The van der Waals surface area contributed by atoms with Gasteiger partial charge in [-0.15, -0.1) is 0 Å². The summed E-state index contributed by atoms with van der Waals surface area (Å²) in [5, 5.41) is 0.595. The number of aromatic nitrogens is 2. The lowest BCUT2D eigenvalue weighted by Crippen LogP contribution is -2.30. The maximum Gasteiger partial charge on any atom is 0.135 e. The van der Waals surface area contributed by atoms with Gasteiger partial charge in [-0.1, -0.05) is 11.6 Å². The third-order valence-electron chi connectivity index (χ3n) is 3.32. The molecule has 4 heteroatoms. The summed E-state index contributed by atoms with van der Waals surface area (Å²) in [5.41, 5.74) is 0. The number of halogens is 1. The average Bonchev–Trinajstić information content (AvgIpc) is 3.13. The first-order chi connectivity index (χ1) is 7.83. The topological polar surface area (TPSA) is 29.0 Å². The number of hydrogen-bond acceptors (Lipinski definition) is 3. The predicted octanol–water partition coefficient (Wildman–Crippen LogP) is 3.00. The van der Waals surface area contributed by atoms with Gasteiger partial charge < -0.3 is 4.90 Å². The first-order valence-corrected chi connectivity index (χ1v) is 6.50. The number of hydrogen-bond donors (Lipinski definition) is 0. The second-order valence-electron chi connectivity index (χ2n) is 4.73. The van der Waals surface area contributed by atoms with Crippen molar-refractivity contribution in [2.24, 2.45) is 0 Å². The molecule has 1 aromatic heterocycles. The lowest BCUT2D eigenvalue weighted by atomic mass is 10.1. The summed E-state index contributed by atoms with van der Waals surface area (Å²) < 4.78 is 0. The molecule has 2 heterocycles. The fraction of sp³-hybridized carbons (Fsp3) is 0.667. The van der Waals surface area contributed by atoms with Crippen molar-refractivity contribution in [3.63, 3.8) is 0 Å². The van der Waals surface area contributed by atoms with E-state index in [2.05, 4.69) is 14.9 Å². The van der Waals surface area contributed by atoms with Crippen LogP contribution in [-0.4, -0.2) is 23.1 Å². The van der Waals surface area contributed by atoms with Gasteiger partial charge in [-0.3, -0.25) is 0 Å². The number of piperidine rings is 1. The fourth-order valence-electron chi connectivity index (χ4n) is 2.23. The molecule has 3 nitrogen and oxygen atoms in total. The van der Waals surface area contributed by atoms with Crippen LogP contribution in [0.15, 0.2) is 6.07 Å². The molecule has 1 aromatic rings. The zero-order valence-corrected chi connectivity index (χ0v) is 10.1. The highest BCUT2D eigenvalue weighted by molar-refractivity contribution is 6.29. The van der Waals surface area contributed by atoms with E-state index in [0.717, 1.165) is 24.7 Å². The summed E-state index contributed by atoms with van der Waals surface area (Å²) >= 11 is 6.06. The van der Waals surface area contributed by atoms with Gasteiger partial charge in [0.05, 0.1) is 0 Å². The monoisotopic (exact) mass is 237 g/mol. The summed E-state index contributed by atoms with van der Waals surface area (Å²) in [5.74, 6) is 2.55. The van der Waals surface area contributed by atoms with Gasteiger partial charge in [0.1, 0.15) is 16.8 Å². The van der Waals surface area contributed by atoms with Crippen LogP contribution in [0.3, 0.4) is 0 Å². The van der Waals surface area contributed by atoms with Gasteiger partial charge in [0.25, 0.3) is 0 Å². The van der Waals surface area contributed by atoms with E-state index in [1.807, 2.05) is 6.07 Å². The quantitative estimate of drug-likeness (QED) is 0.741. The normalized spacial score (nSPS) is 21.2. The van der Waals surface area contributed by atoms with E-state index in [0.29, 0.717) is 11.1 Å². The van der Waals surface area contributed by atoms with Crippen molar-refractivity contribution in [3.8, 4) is 0 Å². The zero-order chi connectivity index (χ0) is 11.0. The summed E-state index contributed by atoms with van der Waals surface area (Å²) in [6.07, 6.45) is 6.31. The molecular formula is C12H16ClN3. The van der Waals surface area contributed by atoms with Gasteiger partial charge in [0, 0.05) is 25.1 Å². The summed E-state index contributed by atoms with van der Waals surface area (Å²) in [6.45, 7) is 2.22. The molecule has 1 aliphatic heterocycles. The molecule has 86 valence electrons. The van der Waals surface area contributed by atoms with E-state index in [-0.39, 0.29) is 0 Å². The molecule has 0 atom stereocenters. The number of rotatable bonds is 2. The van der Waals surface area contributed by atoms with Crippen LogP contribution in [-0.2, 0) is 0 Å². The summed E-state index contributed by atoms with van der Waals surface area (Å²) in [6, 6.07) is 1.90. The van der Waals surface area contributed by atoms with Gasteiger partial charge in [-0.05, 0) is 32.1 Å². The average molecular weight is 238 g/mol. The van der Waals surface area contributed by atoms with Crippen molar-refractivity contribution in [3.05, 3.63) is 17.0 Å². The number of nitrogens with zero attached hydrogens (tertiary/aromatic N) is 3. The van der Waals surface area contributed by atoms with Gasteiger partial charge in [-0.25, -0.2) is 9.97 Å². The molecule has 0 spiro atoms. The van der Waals surface area contributed by atoms with Crippen molar-refractivity contribution < 1.29 is 0 Å². The molecule has 0 aromatic carbocycles. The maximum absolute atomic E-state index is 6.06. The number of anilines is 1. The van der Waals surface area contributed by atoms with Crippen LogP contribution in [0.4, 0.5) is 5.82 Å². The molecule has 2 fully saturated rings. The van der Waals surface area contributed by atoms with E-state index in [1.54, 1.807) is 0 Å². The van der Waals surface area contributed by atoms with Crippen LogP contribution in [0.2, 0.25) is 5.15 Å². The standard InChI is InChI=1S/C12H16ClN3/c13-10-8-11(16-6-2-1-3-7-16)15-12(14-10)9-4-5-9/h8-9H,1-7H2. The first kappa shape index (κ1) is 10.3. The fourth-order valence-corrected chi connectivity index (χ4v) is 2.42. The molecule has 0 amide bonds. The molecule has 0 N–H and O–H groups in total. The van der Waals surface area contributed by atoms with Crippen LogP contribution in [0, 0.1) is 0 Å². The SMILES string of the molecule is Clc1cc(N2CCCCC2)nc(C2CC2)n1. The Bertz CT molecular complexity index is 384. The van der Waals surface area contributed by atoms with Crippen molar-refractivity contribution in [2.45, 2.75) is 38.0 Å². The third-order valence-corrected chi connectivity index (χ3v) is 3.51. The minimum Gasteiger partial charge on any atom is -0.356 e. The Balaban J connectivity index is 1.86. The highest BCUT2D eigenvalue weighted by Crippen LogP contribution is 2.39. The lowest BCUT2D eigenvalue weighted by Gasteiger charge is -2.27. The molecule has 3 rings (SSSR count). The molecule has 16 heavy (non-hydrogen) atoms. The van der Waals surface area contributed by atoms with E-state index < -0.39 is 0 Å². The molecule has 1 aliphatic carbocycles. The van der Waals surface area contributed by atoms with Crippen LogP contribution < -0.4 is 4.90 Å². The van der Waals surface area contributed by atoms with E-state index >= 15 is 0 Å². The first-order valence-electron chi connectivity index (χ1n) is 6.12. The molecular weight excluding hydrogens is 222 g/mol. The highest BCUT2D eigenvalue weighted by Gasteiger charge is 2.28. The minimum absolute atomic E-state index is 0.572. The van der Waals surface area contributed by atoms with Crippen LogP contribution in [0.5, 0.6) is 0 Å². The Hall–Kier alpha value is -0.830. The highest BCUT2D eigenvalue weighted by atomic mass is 35.5. The Morgan fingerprint density at radius 2 is 1.88 bits per heavy atom. The summed E-state index contributed by atoms with van der Waals surface area (Å²) in [7, 11) is 0. The molecule has 1 saturated carbocycles. The van der Waals surface area contributed by atoms with E-state index in [4.69, 9.17) is 11.6 Å². The molecule has 0 radical (unpaired) electrons. The lowest BCUT2D eigenvalue weighted by molar-refractivity contribution is 0.572. The van der Waals surface area contributed by atoms with E-state index in [1.165, 1.54) is 32.1 Å². The van der Waals surface area contributed by atoms with Gasteiger partial charge in [0.15, 0.2) is 0 Å². The second-order valence-corrected chi connectivity index (χ2v) is 5.12. The van der Waals surface area contributed by atoms with Crippen LogP contribution in [0.25, 0.3) is 0 Å². The van der Waals surface area contributed by atoms with E-state index in [9.17, 15) is 0 Å². The van der Waals surface area contributed by atoms with Crippen LogP contribution in [0.1, 0.15) is 43.8 Å². The van der Waals surface area contributed by atoms with Crippen molar-refractivity contribution >= 4 is 17.4 Å². The van der Waals surface area contributed by atoms with Crippen molar-refractivity contribution in [2.75, 3.05) is 18.0 Å². The Labute approximate surface area is 101 Å². The summed E-state index contributed by atoms with van der Waals surface area (Å²) in [4.78, 5) is 11.3. The minimum atomic E-state index is 0.572. The smallest absolute Gasteiger partial charge is 0.135 e. The molecule has 0 bridgehead atoms. The largest absolute Gasteiger partial charge is 0.356 e. The Kier molecular flexibility index (Phi) is 2.72. The van der Waals surface area contributed by atoms with Crippen molar-refractivity contribution in [1.29, 1.82) is 0 Å². The predicted molar refractivity (Wildman–Crippen MR) is 65.1 cm³/mol. The van der Waals surface area contributed by atoms with Gasteiger partial charge in [0.2, 0.25) is 0 Å². The Morgan fingerprint density at radius 1 is 1.12 bits per heavy atom. The zero-order valence-electron chi connectivity index (χ0n) is 9.32. The molecule has 1 saturated heterocycles. The third kappa shape index (κ3) is 2.14. The molecule has 2 aliphatic rings. The van der Waals surface area contributed by atoms with Gasteiger partial charge >= 0.3 is 0 Å². The maximum atomic E-state index is 6.06. The van der Waals surface area contributed by atoms with Gasteiger partial charge in [-0.2, -0.15) is 0 Å². The van der Waals surface area contributed by atoms with Crippen molar-refractivity contribution in [1.82, 2.24) is 9.97 Å². The van der Waals surface area contributed by atoms with Crippen LogP contribution >= 0.6 is 11.6 Å². The second kappa shape index (κ2) is 4.21.